The van der Waals surface area contributed by atoms with E-state index in [1.54, 1.807) is 0 Å². The lowest BCUT2D eigenvalue weighted by Gasteiger charge is -2.22. The summed E-state index contributed by atoms with van der Waals surface area (Å²) in [5.41, 5.74) is 0. The van der Waals surface area contributed by atoms with Crippen LogP contribution in [-0.4, -0.2) is 47.4 Å². The van der Waals surface area contributed by atoms with Crippen LogP contribution in [0.15, 0.2) is 12.2 Å². The van der Waals surface area contributed by atoms with Crippen molar-refractivity contribution >= 4 is 11.9 Å². The first kappa shape index (κ1) is 74.6. The summed E-state index contributed by atoms with van der Waals surface area (Å²) in [4.78, 5) is 24.6. The fraction of sp³-hybridized carbons (Fsp3) is 0.943. The third kappa shape index (κ3) is 61.8. The van der Waals surface area contributed by atoms with E-state index in [2.05, 4.69) is 31.3 Å². The molecule has 0 heterocycles. The molecule has 76 heavy (non-hydrogen) atoms. The van der Waals surface area contributed by atoms with E-state index in [-0.39, 0.29) is 18.5 Å². The quantitative estimate of drug-likeness (QED) is 0.0320. The standard InChI is InChI=1S/C70H137NO5/c1-3-5-7-9-11-13-15-17-19-31-36-40-44-48-52-56-60-64-70(75)76-65-61-57-53-49-45-41-37-33-30-28-26-24-22-20-21-23-25-27-29-32-35-39-43-47-51-55-59-63-69(74)71-67(66-72)68(73)62-58-54-50-46-42-38-34-18-16-14-12-10-8-6-4-2/h17,19,67-68,72-73H,3-16,18,20-66H2,1-2H3,(H,71,74)/b19-17-. The van der Waals surface area contributed by atoms with Crippen LogP contribution in [0.2, 0.25) is 0 Å². The lowest BCUT2D eigenvalue weighted by molar-refractivity contribution is -0.143. The Balaban J connectivity index is 3.33. The van der Waals surface area contributed by atoms with Gasteiger partial charge in [0.15, 0.2) is 0 Å². The number of rotatable bonds is 66. The Kier molecular flexibility index (Phi) is 64.9. The molecule has 0 saturated carbocycles. The number of carbonyl (C=O) groups excluding carboxylic acids is 2. The molecule has 1 amide bonds. The Morgan fingerprint density at radius 2 is 0.618 bits per heavy atom. The maximum Gasteiger partial charge on any atom is 0.305 e. The Bertz CT molecular complexity index is 1140. The van der Waals surface area contributed by atoms with Crippen LogP contribution < -0.4 is 5.32 Å². The number of carbonyl (C=O) groups is 2. The normalized spacial score (nSPS) is 12.5. The lowest BCUT2D eigenvalue weighted by Crippen LogP contribution is -2.45. The molecule has 0 spiro atoms. The van der Waals surface area contributed by atoms with Crippen LogP contribution in [0.3, 0.4) is 0 Å². The molecule has 452 valence electrons. The Morgan fingerprint density at radius 3 is 0.934 bits per heavy atom. The SMILES string of the molecule is CCCCCCCC/C=C\CCCCCCCCCC(=O)OCCCCCCCCCCCCCCCCCCCCCCCCCCCCCC(=O)NC(CO)C(O)CCCCCCCCCCCCCCCCC. The van der Waals surface area contributed by atoms with Crippen molar-refractivity contribution in [2.45, 2.75) is 411 Å². The second-order valence-electron chi connectivity index (χ2n) is 24.2. The average Bonchev–Trinajstić information content (AvgIpc) is 3.42. The Morgan fingerprint density at radius 1 is 0.355 bits per heavy atom. The zero-order valence-corrected chi connectivity index (χ0v) is 51.8. The van der Waals surface area contributed by atoms with Gasteiger partial charge in [-0.2, -0.15) is 0 Å². The van der Waals surface area contributed by atoms with Gasteiger partial charge in [-0.25, -0.2) is 0 Å². The predicted molar refractivity (Wildman–Crippen MR) is 333 cm³/mol. The van der Waals surface area contributed by atoms with Gasteiger partial charge in [0.25, 0.3) is 0 Å². The van der Waals surface area contributed by atoms with Crippen molar-refractivity contribution in [3.05, 3.63) is 12.2 Å². The van der Waals surface area contributed by atoms with Gasteiger partial charge < -0.3 is 20.3 Å². The van der Waals surface area contributed by atoms with Gasteiger partial charge in [0.1, 0.15) is 0 Å². The van der Waals surface area contributed by atoms with E-state index < -0.39 is 12.1 Å². The summed E-state index contributed by atoms with van der Waals surface area (Å²) < 4.78 is 5.50. The average molecular weight is 1070 g/mol. The maximum absolute atomic E-state index is 12.5. The fourth-order valence-corrected chi connectivity index (χ4v) is 11.2. The van der Waals surface area contributed by atoms with E-state index in [1.807, 2.05) is 0 Å². The van der Waals surface area contributed by atoms with Crippen molar-refractivity contribution in [2.24, 2.45) is 0 Å². The highest BCUT2D eigenvalue weighted by molar-refractivity contribution is 5.76. The number of hydrogen-bond acceptors (Lipinski definition) is 5. The number of ether oxygens (including phenoxy) is 1. The van der Waals surface area contributed by atoms with Crippen molar-refractivity contribution in [1.29, 1.82) is 0 Å². The minimum atomic E-state index is -0.661. The molecule has 3 N–H and O–H groups in total. The van der Waals surface area contributed by atoms with Gasteiger partial charge in [0.2, 0.25) is 5.91 Å². The van der Waals surface area contributed by atoms with E-state index in [4.69, 9.17) is 4.74 Å². The number of esters is 1. The van der Waals surface area contributed by atoms with E-state index in [0.717, 1.165) is 44.9 Å². The van der Waals surface area contributed by atoms with Crippen molar-refractivity contribution in [2.75, 3.05) is 13.2 Å². The summed E-state index contributed by atoms with van der Waals surface area (Å²) in [6, 6.07) is -0.538. The first-order chi connectivity index (χ1) is 37.5. The molecule has 0 rings (SSSR count). The Hall–Kier alpha value is -1.40. The van der Waals surface area contributed by atoms with E-state index in [0.29, 0.717) is 25.9 Å². The third-order valence-corrected chi connectivity index (χ3v) is 16.6. The van der Waals surface area contributed by atoms with E-state index >= 15 is 0 Å². The maximum atomic E-state index is 12.5. The van der Waals surface area contributed by atoms with Crippen molar-refractivity contribution < 1.29 is 24.5 Å². The summed E-state index contributed by atoms with van der Waals surface area (Å²) in [5, 5.41) is 23.3. The number of hydrogen-bond donors (Lipinski definition) is 3. The second-order valence-corrected chi connectivity index (χ2v) is 24.2. The molecule has 0 aliphatic heterocycles. The van der Waals surface area contributed by atoms with Crippen molar-refractivity contribution in [3.63, 3.8) is 0 Å². The minimum Gasteiger partial charge on any atom is -0.466 e. The van der Waals surface area contributed by atoms with E-state index in [1.165, 1.54) is 321 Å². The number of aliphatic hydroxyl groups excluding tert-OH is 2. The van der Waals surface area contributed by atoms with Crippen molar-refractivity contribution in [3.8, 4) is 0 Å². The molecule has 2 unspecified atom stereocenters. The van der Waals surface area contributed by atoms with Gasteiger partial charge in [-0.15, -0.1) is 0 Å². The molecular weight excluding hydrogens is 935 g/mol. The molecule has 0 radical (unpaired) electrons. The van der Waals surface area contributed by atoms with Crippen LogP contribution in [0.5, 0.6) is 0 Å². The fourth-order valence-electron chi connectivity index (χ4n) is 11.2. The largest absolute Gasteiger partial charge is 0.466 e. The van der Waals surface area contributed by atoms with Crippen LogP contribution in [0.1, 0.15) is 399 Å². The van der Waals surface area contributed by atoms with Crippen LogP contribution in [0.25, 0.3) is 0 Å². The molecule has 0 aliphatic carbocycles. The highest BCUT2D eigenvalue weighted by Crippen LogP contribution is 2.19. The van der Waals surface area contributed by atoms with Gasteiger partial charge in [0.05, 0.1) is 25.4 Å². The Labute approximate surface area is 476 Å². The molecular formula is C70H137NO5. The first-order valence-electron chi connectivity index (χ1n) is 34.9. The number of unbranched alkanes of at least 4 members (excludes halogenated alkanes) is 53. The topological polar surface area (TPSA) is 95.9 Å². The minimum absolute atomic E-state index is 0.0157. The van der Waals surface area contributed by atoms with Crippen LogP contribution in [0.4, 0.5) is 0 Å². The first-order valence-corrected chi connectivity index (χ1v) is 34.9. The number of amides is 1. The second kappa shape index (κ2) is 66.1. The van der Waals surface area contributed by atoms with Crippen molar-refractivity contribution in [1.82, 2.24) is 5.32 Å². The monoisotopic (exact) mass is 1070 g/mol. The molecule has 0 aliphatic rings. The van der Waals surface area contributed by atoms with Crippen LogP contribution >= 0.6 is 0 Å². The summed E-state index contributed by atoms with van der Waals surface area (Å²) in [6.45, 7) is 4.99. The molecule has 0 aromatic heterocycles. The molecule has 0 bridgehead atoms. The molecule has 2 atom stereocenters. The summed E-state index contributed by atoms with van der Waals surface area (Å²) in [7, 11) is 0. The zero-order valence-electron chi connectivity index (χ0n) is 51.8. The number of aliphatic hydroxyl groups is 2. The van der Waals surface area contributed by atoms with Gasteiger partial charge in [0, 0.05) is 12.8 Å². The molecule has 0 aromatic rings. The highest BCUT2D eigenvalue weighted by Gasteiger charge is 2.20. The van der Waals surface area contributed by atoms with Gasteiger partial charge >= 0.3 is 5.97 Å². The highest BCUT2D eigenvalue weighted by atomic mass is 16.5. The van der Waals surface area contributed by atoms with Crippen LogP contribution in [-0.2, 0) is 14.3 Å². The van der Waals surface area contributed by atoms with Crippen LogP contribution in [0, 0.1) is 0 Å². The third-order valence-electron chi connectivity index (χ3n) is 16.6. The predicted octanol–water partition coefficient (Wildman–Crippen LogP) is 22.4. The van der Waals surface area contributed by atoms with Gasteiger partial charge in [-0.3, -0.25) is 9.59 Å². The number of nitrogens with one attached hydrogen (secondary N) is 1. The molecule has 0 aromatic carbocycles. The summed E-state index contributed by atoms with van der Waals surface area (Å²) >= 11 is 0. The number of allylic oxidation sites excluding steroid dienone is 2. The smallest absolute Gasteiger partial charge is 0.305 e. The van der Waals surface area contributed by atoms with E-state index in [9.17, 15) is 19.8 Å². The summed E-state index contributed by atoms with van der Waals surface area (Å²) in [5.74, 6) is -0.0133. The summed E-state index contributed by atoms with van der Waals surface area (Å²) in [6.07, 6.45) is 81.1. The molecule has 6 nitrogen and oxygen atoms in total. The van der Waals surface area contributed by atoms with Gasteiger partial charge in [-0.05, 0) is 51.4 Å². The van der Waals surface area contributed by atoms with Gasteiger partial charge in [-0.1, -0.05) is 347 Å². The lowest BCUT2D eigenvalue weighted by atomic mass is 10.0. The molecule has 0 saturated heterocycles. The zero-order chi connectivity index (χ0) is 55.0. The molecule has 0 fully saturated rings. The molecule has 6 heteroatoms.